The Balaban J connectivity index is 2.08. The van der Waals surface area contributed by atoms with Crippen molar-refractivity contribution in [2.45, 2.75) is 13.0 Å². The van der Waals surface area contributed by atoms with E-state index in [1.54, 1.807) is 7.11 Å². The molecule has 1 aromatic heterocycles. The number of aromatic amines is 1. The number of nitrogens with one attached hydrogen (secondary N) is 2. The third-order valence-electron chi connectivity index (χ3n) is 2.93. The average molecular weight is 314 g/mol. The number of fused-ring (bicyclic) bond motifs is 1. The molecule has 20 heavy (non-hydrogen) atoms. The zero-order valence-electron chi connectivity index (χ0n) is 11.1. The van der Waals surface area contributed by atoms with Crippen molar-refractivity contribution in [2.75, 3.05) is 20.3 Å². The van der Waals surface area contributed by atoms with Crippen LogP contribution >= 0.6 is 23.8 Å². The van der Waals surface area contributed by atoms with Crippen LogP contribution in [0, 0.1) is 4.77 Å². The maximum absolute atomic E-state index is 11.7. The molecule has 1 aromatic carbocycles. The summed E-state index contributed by atoms with van der Waals surface area (Å²) in [6.45, 7) is 1.50. The highest BCUT2D eigenvalue weighted by Crippen LogP contribution is 2.23. The number of hydrogen-bond donors (Lipinski definition) is 2. The number of imidazole rings is 1. The fourth-order valence-electron chi connectivity index (χ4n) is 1.98. The van der Waals surface area contributed by atoms with Gasteiger partial charge < -0.3 is 19.6 Å². The van der Waals surface area contributed by atoms with Gasteiger partial charge in [0.25, 0.3) is 0 Å². The van der Waals surface area contributed by atoms with E-state index in [0.29, 0.717) is 35.9 Å². The normalized spacial score (nSPS) is 10.9. The van der Waals surface area contributed by atoms with Gasteiger partial charge in [-0.15, -0.1) is 0 Å². The van der Waals surface area contributed by atoms with E-state index in [0.717, 1.165) is 11.0 Å². The van der Waals surface area contributed by atoms with Crippen molar-refractivity contribution in [3.63, 3.8) is 0 Å². The maximum atomic E-state index is 11.7. The molecule has 0 radical (unpaired) electrons. The minimum atomic E-state index is -0.0367. The second-order valence-corrected chi connectivity index (χ2v) is 5.10. The first kappa shape index (κ1) is 15.0. The number of H-pyrrole nitrogens is 1. The second-order valence-electron chi connectivity index (χ2n) is 4.31. The van der Waals surface area contributed by atoms with Crippen LogP contribution in [0.5, 0.6) is 0 Å². The lowest BCUT2D eigenvalue weighted by molar-refractivity contribution is -0.121. The monoisotopic (exact) mass is 313 g/mol. The number of carbonyl (C=O) groups excluding carboxylic acids is 1. The van der Waals surface area contributed by atoms with Gasteiger partial charge >= 0.3 is 0 Å². The number of halogens is 1. The molecule has 2 aromatic rings. The highest BCUT2D eigenvalue weighted by molar-refractivity contribution is 7.71. The van der Waals surface area contributed by atoms with E-state index in [-0.39, 0.29) is 5.91 Å². The highest BCUT2D eigenvalue weighted by Gasteiger charge is 2.09. The largest absolute Gasteiger partial charge is 0.383 e. The Bertz CT molecular complexity index is 665. The Hall–Kier alpha value is -1.37. The van der Waals surface area contributed by atoms with Crippen molar-refractivity contribution in [2.24, 2.45) is 0 Å². The van der Waals surface area contributed by atoms with E-state index in [1.807, 2.05) is 22.8 Å². The molecule has 1 amide bonds. The van der Waals surface area contributed by atoms with E-state index in [1.165, 1.54) is 0 Å². The van der Waals surface area contributed by atoms with Crippen LogP contribution in [-0.2, 0) is 16.1 Å². The molecule has 0 unspecified atom stereocenters. The van der Waals surface area contributed by atoms with Gasteiger partial charge in [-0.3, -0.25) is 4.79 Å². The first-order valence-corrected chi connectivity index (χ1v) is 7.04. The Labute approximate surface area is 126 Å². The van der Waals surface area contributed by atoms with Crippen LogP contribution in [0.2, 0.25) is 5.02 Å². The number of nitrogens with zero attached hydrogens (tertiary/aromatic N) is 1. The average Bonchev–Trinajstić information content (AvgIpc) is 2.74. The van der Waals surface area contributed by atoms with Crippen molar-refractivity contribution in [3.8, 4) is 0 Å². The van der Waals surface area contributed by atoms with Gasteiger partial charge in [0.2, 0.25) is 5.91 Å². The molecule has 0 spiro atoms. The molecule has 0 aliphatic carbocycles. The molecule has 5 nitrogen and oxygen atoms in total. The minimum Gasteiger partial charge on any atom is -0.383 e. The summed E-state index contributed by atoms with van der Waals surface area (Å²) in [6, 6.07) is 5.57. The molecule has 7 heteroatoms. The zero-order chi connectivity index (χ0) is 14.5. The van der Waals surface area contributed by atoms with Gasteiger partial charge in [-0.25, -0.2) is 0 Å². The Morgan fingerprint density at radius 3 is 3.10 bits per heavy atom. The lowest BCUT2D eigenvalue weighted by Gasteiger charge is -2.07. The fourth-order valence-corrected chi connectivity index (χ4v) is 2.55. The summed E-state index contributed by atoms with van der Waals surface area (Å²) in [6.07, 6.45) is 0.343. The molecule has 0 aliphatic heterocycles. The first-order chi connectivity index (χ1) is 9.63. The number of ether oxygens (including phenoxy) is 1. The van der Waals surface area contributed by atoms with Crippen molar-refractivity contribution in [1.82, 2.24) is 14.9 Å². The number of hydrogen-bond acceptors (Lipinski definition) is 3. The number of aryl methyl sites for hydroxylation is 1. The summed E-state index contributed by atoms with van der Waals surface area (Å²) in [7, 11) is 1.60. The van der Waals surface area contributed by atoms with E-state index in [4.69, 9.17) is 28.6 Å². The summed E-state index contributed by atoms with van der Waals surface area (Å²) < 4.78 is 7.29. The van der Waals surface area contributed by atoms with E-state index in [9.17, 15) is 4.79 Å². The van der Waals surface area contributed by atoms with Crippen molar-refractivity contribution >= 4 is 40.8 Å². The van der Waals surface area contributed by atoms with Crippen LogP contribution < -0.4 is 5.32 Å². The number of rotatable bonds is 6. The molecule has 0 saturated carbocycles. The summed E-state index contributed by atoms with van der Waals surface area (Å²) in [4.78, 5) is 14.8. The Kier molecular flexibility index (Phi) is 5.17. The quantitative estimate of drug-likeness (QED) is 0.636. The molecule has 0 atom stereocenters. The molecule has 2 rings (SSSR count). The minimum absolute atomic E-state index is 0.0367. The van der Waals surface area contributed by atoms with Crippen molar-refractivity contribution < 1.29 is 9.53 Å². The van der Waals surface area contributed by atoms with Gasteiger partial charge in [-0.2, -0.15) is 0 Å². The molecule has 0 aliphatic rings. The van der Waals surface area contributed by atoms with Crippen LogP contribution in [0.4, 0.5) is 0 Å². The van der Waals surface area contributed by atoms with E-state index >= 15 is 0 Å². The summed E-state index contributed by atoms with van der Waals surface area (Å²) in [5.41, 5.74) is 1.71. The SMILES string of the molecule is COCCNC(=O)CCn1c(=S)[nH]c2cccc(Cl)c21. The third-order valence-corrected chi connectivity index (χ3v) is 3.56. The first-order valence-electron chi connectivity index (χ1n) is 6.26. The van der Waals surface area contributed by atoms with Crippen molar-refractivity contribution in [1.29, 1.82) is 0 Å². The third kappa shape index (κ3) is 3.39. The van der Waals surface area contributed by atoms with Crippen LogP contribution in [0.25, 0.3) is 11.0 Å². The molecule has 2 N–H and O–H groups in total. The number of carbonyl (C=O) groups is 1. The predicted molar refractivity (Wildman–Crippen MR) is 81.6 cm³/mol. The molecular weight excluding hydrogens is 298 g/mol. The number of amides is 1. The van der Waals surface area contributed by atoms with Gasteiger partial charge in [-0.1, -0.05) is 17.7 Å². The number of para-hydroxylation sites is 1. The number of benzene rings is 1. The topological polar surface area (TPSA) is 59.0 Å². The van der Waals surface area contributed by atoms with Crippen LogP contribution in [0.3, 0.4) is 0 Å². The molecule has 0 saturated heterocycles. The summed E-state index contributed by atoms with van der Waals surface area (Å²) in [5.74, 6) is -0.0367. The zero-order valence-corrected chi connectivity index (χ0v) is 12.7. The number of methoxy groups -OCH3 is 1. The lowest BCUT2D eigenvalue weighted by Crippen LogP contribution is -2.27. The molecule has 0 fully saturated rings. The Morgan fingerprint density at radius 2 is 2.35 bits per heavy atom. The van der Waals surface area contributed by atoms with Gasteiger partial charge in [0.1, 0.15) is 0 Å². The van der Waals surface area contributed by atoms with E-state index < -0.39 is 0 Å². The fraction of sp³-hybridized carbons (Fsp3) is 0.385. The van der Waals surface area contributed by atoms with Crippen LogP contribution in [0.1, 0.15) is 6.42 Å². The molecular formula is C13H16ClN3O2S. The smallest absolute Gasteiger partial charge is 0.221 e. The highest BCUT2D eigenvalue weighted by atomic mass is 35.5. The van der Waals surface area contributed by atoms with Gasteiger partial charge in [0, 0.05) is 26.6 Å². The standard InChI is InChI=1S/C13H16ClN3O2S/c1-19-8-6-15-11(18)5-7-17-12-9(14)3-2-4-10(12)16-13(17)20/h2-4H,5-8H2,1H3,(H,15,18)(H,16,20). The Morgan fingerprint density at radius 1 is 1.55 bits per heavy atom. The van der Waals surface area contributed by atoms with Gasteiger partial charge in [0.05, 0.1) is 22.7 Å². The molecule has 108 valence electrons. The van der Waals surface area contributed by atoms with Crippen LogP contribution in [0.15, 0.2) is 18.2 Å². The van der Waals surface area contributed by atoms with Gasteiger partial charge in [-0.05, 0) is 24.4 Å². The van der Waals surface area contributed by atoms with Crippen LogP contribution in [-0.4, -0.2) is 35.7 Å². The van der Waals surface area contributed by atoms with Crippen molar-refractivity contribution in [3.05, 3.63) is 28.0 Å². The number of aromatic nitrogens is 2. The second kappa shape index (κ2) is 6.88. The summed E-state index contributed by atoms with van der Waals surface area (Å²) >= 11 is 11.5. The lowest BCUT2D eigenvalue weighted by atomic mass is 10.3. The maximum Gasteiger partial charge on any atom is 0.221 e. The molecule has 0 bridgehead atoms. The van der Waals surface area contributed by atoms with E-state index in [2.05, 4.69) is 10.3 Å². The molecule has 1 heterocycles. The van der Waals surface area contributed by atoms with Gasteiger partial charge in [0.15, 0.2) is 4.77 Å². The summed E-state index contributed by atoms with van der Waals surface area (Å²) in [5, 5.41) is 3.39. The predicted octanol–water partition coefficient (Wildman–Crippen LogP) is 2.50.